The van der Waals surface area contributed by atoms with Crippen molar-refractivity contribution in [1.29, 1.82) is 5.26 Å². The van der Waals surface area contributed by atoms with Crippen LogP contribution in [0.15, 0.2) is 30.5 Å². The van der Waals surface area contributed by atoms with Crippen LogP contribution in [0.3, 0.4) is 0 Å². The predicted molar refractivity (Wildman–Crippen MR) is 88.6 cm³/mol. The SMILES string of the molecule is CC1(C)[C@@H]2[C@@H](C(=O)NC(C#N)c3nncc4ccccc34)NC[C@@H]21. The van der Waals surface area contributed by atoms with Crippen molar-refractivity contribution in [2.75, 3.05) is 6.54 Å². The molecule has 6 nitrogen and oxygen atoms in total. The summed E-state index contributed by atoms with van der Waals surface area (Å²) in [6.45, 7) is 5.25. The topological polar surface area (TPSA) is 90.7 Å². The van der Waals surface area contributed by atoms with Crippen LogP contribution in [0.1, 0.15) is 25.6 Å². The van der Waals surface area contributed by atoms with E-state index >= 15 is 0 Å². The van der Waals surface area contributed by atoms with Crippen molar-refractivity contribution in [3.63, 3.8) is 0 Å². The number of hydrogen-bond donors (Lipinski definition) is 2. The van der Waals surface area contributed by atoms with Gasteiger partial charge in [0.2, 0.25) is 5.91 Å². The van der Waals surface area contributed by atoms with Crippen LogP contribution >= 0.6 is 0 Å². The zero-order valence-electron chi connectivity index (χ0n) is 13.7. The standard InChI is InChI=1S/C18H19N5O/c1-18(2)12-9-20-16(14(12)18)17(24)22-13(7-19)15-11-6-4-3-5-10(11)8-21-23-15/h3-6,8,12-14,16,20H,9H2,1-2H3,(H,22,24)/t12-,13?,14-,16-/m0/s1. The average Bonchev–Trinajstić information content (AvgIpc) is 2.96. The first-order valence-corrected chi connectivity index (χ1v) is 8.17. The maximum absolute atomic E-state index is 12.7. The first-order valence-electron chi connectivity index (χ1n) is 8.17. The molecule has 2 fully saturated rings. The molecule has 0 bridgehead atoms. The van der Waals surface area contributed by atoms with E-state index in [0.29, 0.717) is 17.5 Å². The van der Waals surface area contributed by atoms with E-state index in [2.05, 4.69) is 40.7 Å². The Kier molecular flexibility index (Phi) is 3.29. The highest BCUT2D eigenvalue weighted by atomic mass is 16.2. The maximum atomic E-state index is 12.7. The summed E-state index contributed by atoms with van der Waals surface area (Å²) in [6, 6.07) is 8.72. The van der Waals surface area contributed by atoms with Gasteiger partial charge >= 0.3 is 0 Å². The Morgan fingerprint density at radius 2 is 2.25 bits per heavy atom. The van der Waals surface area contributed by atoms with Crippen LogP contribution in [0.4, 0.5) is 0 Å². The molecule has 6 heteroatoms. The summed E-state index contributed by atoms with van der Waals surface area (Å²) in [7, 11) is 0. The van der Waals surface area contributed by atoms with Gasteiger partial charge in [-0.25, -0.2) is 0 Å². The van der Waals surface area contributed by atoms with Crippen molar-refractivity contribution in [2.45, 2.75) is 25.9 Å². The fourth-order valence-electron chi connectivity index (χ4n) is 4.13. The molecular weight excluding hydrogens is 302 g/mol. The molecular formula is C18H19N5O. The maximum Gasteiger partial charge on any atom is 0.238 e. The van der Waals surface area contributed by atoms with E-state index in [1.165, 1.54) is 0 Å². The van der Waals surface area contributed by atoms with Crippen LogP contribution in [0.5, 0.6) is 0 Å². The summed E-state index contributed by atoms with van der Waals surface area (Å²) in [6.07, 6.45) is 1.66. The van der Waals surface area contributed by atoms with Crippen molar-refractivity contribution >= 4 is 16.7 Å². The summed E-state index contributed by atoms with van der Waals surface area (Å²) in [5.74, 6) is 0.760. The Labute approximate surface area is 140 Å². The smallest absolute Gasteiger partial charge is 0.238 e. The minimum atomic E-state index is -0.807. The summed E-state index contributed by atoms with van der Waals surface area (Å²) in [5, 5.41) is 25.5. The van der Waals surface area contributed by atoms with E-state index in [1.54, 1.807) is 6.20 Å². The Hall–Kier alpha value is -2.52. The molecule has 4 rings (SSSR count). The molecule has 1 saturated carbocycles. The van der Waals surface area contributed by atoms with Crippen molar-refractivity contribution in [3.05, 3.63) is 36.2 Å². The number of benzene rings is 1. The first-order chi connectivity index (χ1) is 11.5. The number of carbonyl (C=O) groups is 1. The summed E-state index contributed by atoms with van der Waals surface area (Å²) in [4.78, 5) is 12.7. The van der Waals surface area contributed by atoms with E-state index in [-0.39, 0.29) is 17.4 Å². The Morgan fingerprint density at radius 3 is 2.96 bits per heavy atom. The lowest BCUT2D eigenvalue weighted by molar-refractivity contribution is -0.124. The summed E-state index contributed by atoms with van der Waals surface area (Å²) < 4.78 is 0. The molecule has 2 aliphatic rings. The third-order valence-electron chi connectivity index (χ3n) is 5.63. The molecule has 1 amide bonds. The third-order valence-corrected chi connectivity index (χ3v) is 5.63. The van der Waals surface area contributed by atoms with Crippen LogP contribution < -0.4 is 10.6 Å². The highest BCUT2D eigenvalue weighted by Gasteiger charge is 2.65. The van der Waals surface area contributed by atoms with Crippen LogP contribution in [-0.2, 0) is 4.79 Å². The van der Waals surface area contributed by atoms with Gasteiger partial charge in [0.1, 0.15) is 5.69 Å². The minimum Gasteiger partial charge on any atom is -0.334 e. The quantitative estimate of drug-likeness (QED) is 0.895. The molecule has 0 radical (unpaired) electrons. The zero-order valence-corrected chi connectivity index (χ0v) is 13.7. The van der Waals surface area contributed by atoms with Crippen molar-refractivity contribution < 1.29 is 4.79 Å². The van der Waals surface area contributed by atoms with Crippen molar-refractivity contribution in [3.8, 4) is 6.07 Å². The molecule has 1 aromatic heterocycles. The van der Waals surface area contributed by atoms with Gasteiger partial charge in [-0.2, -0.15) is 15.5 Å². The second-order valence-corrected chi connectivity index (χ2v) is 7.23. The van der Waals surface area contributed by atoms with Gasteiger partial charge < -0.3 is 10.6 Å². The van der Waals surface area contributed by atoms with E-state index < -0.39 is 6.04 Å². The lowest BCUT2D eigenvalue weighted by Gasteiger charge is -2.20. The second kappa shape index (κ2) is 5.25. The fourth-order valence-corrected chi connectivity index (χ4v) is 4.13. The number of carbonyl (C=O) groups excluding carboxylic acids is 1. The number of nitrogens with one attached hydrogen (secondary N) is 2. The van der Waals surface area contributed by atoms with E-state index in [9.17, 15) is 10.1 Å². The van der Waals surface area contributed by atoms with Gasteiger partial charge in [-0.1, -0.05) is 38.1 Å². The number of fused-ring (bicyclic) bond motifs is 2. The molecule has 122 valence electrons. The van der Waals surface area contributed by atoms with E-state index in [4.69, 9.17) is 0 Å². The second-order valence-electron chi connectivity index (χ2n) is 7.23. The molecule has 24 heavy (non-hydrogen) atoms. The highest BCUT2D eigenvalue weighted by Crippen LogP contribution is 2.62. The molecule has 1 unspecified atom stereocenters. The number of nitrogens with zero attached hydrogens (tertiary/aromatic N) is 3. The van der Waals surface area contributed by atoms with Gasteiger partial charge in [-0.3, -0.25) is 4.79 Å². The van der Waals surface area contributed by atoms with Crippen LogP contribution in [0, 0.1) is 28.6 Å². The first kappa shape index (κ1) is 15.0. The molecule has 1 aromatic carbocycles. The monoisotopic (exact) mass is 321 g/mol. The predicted octanol–water partition coefficient (Wildman–Crippen LogP) is 1.55. The molecule has 1 aliphatic carbocycles. The molecule has 2 N–H and O–H groups in total. The van der Waals surface area contributed by atoms with Crippen LogP contribution in [0.25, 0.3) is 10.8 Å². The van der Waals surface area contributed by atoms with Crippen LogP contribution in [0.2, 0.25) is 0 Å². The minimum absolute atomic E-state index is 0.130. The van der Waals surface area contributed by atoms with Gasteiger partial charge in [0.15, 0.2) is 6.04 Å². The number of nitriles is 1. The number of amides is 1. The van der Waals surface area contributed by atoms with Gasteiger partial charge in [-0.15, -0.1) is 0 Å². The van der Waals surface area contributed by atoms with Crippen LogP contribution in [-0.4, -0.2) is 28.7 Å². The number of aromatic nitrogens is 2. The number of rotatable bonds is 3. The molecule has 1 saturated heterocycles. The largest absolute Gasteiger partial charge is 0.334 e. The Balaban J connectivity index is 1.58. The van der Waals surface area contributed by atoms with Gasteiger partial charge in [0.05, 0.1) is 18.3 Å². The molecule has 4 atom stereocenters. The Morgan fingerprint density at radius 1 is 1.46 bits per heavy atom. The molecule has 2 heterocycles. The molecule has 0 spiro atoms. The average molecular weight is 321 g/mol. The molecule has 1 aliphatic heterocycles. The van der Waals surface area contributed by atoms with E-state index in [0.717, 1.165) is 17.3 Å². The highest BCUT2D eigenvalue weighted by molar-refractivity contribution is 5.87. The zero-order chi connectivity index (χ0) is 16.9. The number of hydrogen-bond acceptors (Lipinski definition) is 5. The van der Waals surface area contributed by atoms with Gasteiger partial charge in [0.25, 0.3) is 0 Å². The number of piperidine rings is 1. The van der Waals surface area contributed by atoms with Gasteiger partial charge in [-0.05, 0) is 23.8 Å². The summed E-state index contributed by atoms with van der Waals surface area (Å²) >= 11 is 0. The van der Waals surface area contributed by atoms with Gasteiger partial charge in [0, 0.05) is 10.8 Å². The Bertz CT molecular complexity index is 851. The van der Waals surface area contributed by atoms with Crippen molar-refractivity contribution in [1.82, 2.24) is 20.8 Å². The van der Waals surface area contributed by atoms with E-state index in [1.807, 2.05) is 24.3 Å². The van der Waals surface area contributed by atoms with Crippen molar-refractivity contribution in [2.24, 2.45) is 17.3 Å². The molecule has 2 aromatic rings. The lowest BCUT2D eigenvalue weighted by Crippen LogP contribution is -2.45. The fraction of sp³-hybridized carbons (Fsp3) is 0.444. The third kappa shape index (κ3) is 2.16. The lowest BCUT2D eigenvalue weighted by atomic mass is 10.0. The summed E-state index contributed by atoms with van der Waals surface area (Å²) in [5.41, 5.74) is 0.697. The normalized spacial score (nSPS) is 28.0.